The Morgan fingerprint density at radius 3 is 1.10 bits per heavy atom. The van der Waals surface area contributed by atoms with Gasteiger partial charge in [0.05, 0.1) is 30.5 Å². The second-order valence-electron chi connectivity index (χ2n) is 33.5. The molecule has 0 aromatic heterocycles. The van der Waals surface area contributed by atoms with Gasteiger partial charge in [0.25, 0.3) is 0 Å². The van der Waals surface area contributed by atoms with Crippen molar-refractivity contribution in [2.45, 2.75) is 167 Å². The average Bonchev–Trinajstić information content (AvgIpc) is 1.57. The summed E-state index contributed by atoms with van der Waals surface area (Å²) < 4.78 is 46.7. The second kappa shape index (κ2) is 36.6. The summed E-state index contributed by atoms with van der Waals surface area (Å²) in [7, 11) is 3.09. The summed E-state index contributed by atoms with van der Waals surface area (Å²) in [5.41, 5.74) is 2.36. The molecule has 11 rings (SSSR count). The third kappa shape index (κ3) is 23.7. The maximum Gasteiger partial charge on any atom is 0.323 e. The Morgan fingerprint density at radius 1 is 0.427 bits per heavy atom. The lowest BCUT2D eigenvalue weighted by Crippen LogP contribution is -2.49. The Morgan fingerprint density at radius 2 is 0.755 bits per heavy atom. The number of nitrogens with one attached hydrogen (secondary N) is 10. The summed E-state index contributed by atoms with van der Waals surface area (Å²) in [5.74, 6) is 0. The van der Waals surface area contributed by atoms with Crippen LogP contribution in [0, 0.1) is 0 Å². The summed E-state index contributed by atoms with van der Waals surface area (Å²) in [4.78, 5) is 56.3. The van der Waals surface area contributed by atoms with E-state index in [1.165, 1.54) is 19.3 Å². The van der Waals surface area contributed by atoms with Gasteiger partial charge in [-0.3, -0.25) is 0 Å². The van der Waals surface area contributed by atoms with Crippen LogP contribution in [0.4, 0.5) is 24.0 Å². The number of urea groups is 5. The Balaban J connectivity index is 0.000000191. The van der Waals surface area contributed by atoms with Gasteiger partial charge in [0.1, 0.15) is 96.7 Å². The number of aliphatic hydroxyl groups excluding tert-OH is 6. The Bertz CT molecular complexity index is 3730. The first-order chi connectivity index (χ1) is 50.7. The lowest BCUT2D eigenvalue weighted by Gasteiger charge is -2.34. The molecule has 0 aliphatic carbocycles. The van der Waals surface area contributed by atoms with E-state index in [2.05, 4.69) is 184 Å². The number of ether oxygens (including phenoxy) is 8. The van der Waals surface area contributed by atoms with Crippen LogP contribution < -0.4 is 53.2 Å². The number of fused-ring (bicyclic) bond motifs is 2. The molecular weight excluding hydrogens is 1520 g/mol. The highest BCUT2D eigenvalue weighted by Gasteiger charge is 2.62. The first-order valence-corrected chi connectivity index (χ1v) is 51.5. The van der Waals surface area contributed by atoms with E-state index < -0.39 is 143 Å². The molecule has 5 unspecified atom stereocenters. The summed E-state index contributed by atoms with van der Waals surface area (Å²) in [6.07, 6.45) is 26.0. The van der Waals surface area contributed by atoms with E-state index >= 15 is 0 Å². The fraction of sp³-hybridized carbons (Fsp3) is 0.600. The van der Waals surface area contributed by atoms with Gasteiger partial charge in [0.15, 0.2) is 0 Å². The standard InChI is InChI=1S/C15H23N2O4P.4C15H25N2O4P/c1-9-10(7-16-14(19)17-9)11-12-13(18)15(21-11,8-20-12)5-6-22(2,3)4;1-9-10(8-16-14(20)17-9)12-11(18)13(19)15(2,21-12)6-7-22(3,4)5;1-9-10(8-16-14(19)17-9)13-15(2,20)12(18)11(21-13)6-7-22(3,4)5;2*1-9-10(8-16-15(19)17-9)13-14(20-2)12(18)11(21-13)6-7-22(3,4)5/h7,11-13,18H,1-2,5-6,8H2,3-4H3,(H2,16,17,19);8,11-13,18-19H,1,3,6-7H2,2,4-5H3,(H2,16,17,20);8,11-13,18,20H,1,3,6-7H2,2,4-5H3,(H2,16,17,19);2*8,11-14,18H,1,3,6-7H2,2,4-5H3,(H2,16,17,19)/t11?,12-,13-,15-;11-,12?,13-,15+;11-,12-,13?,15-;2*11-,12-,13?,14-/m00111/s1. The van der Waals surface area contributed by atoms with Crippen LogP contribution in [-0.2, 0) is 37.9 Å². The van der Waals surface area contributed by atoms with Crippen LogP contribution >= 0.6 is 34.4 Å². The van der Waals surface area contributed by atoms with Gasteiger partial charge in [-0.05, 0) is 143 Å². The summed E-state index contributed by atoms with van der Waals surface area (Å²) >= 11 is 0. The molecule has 6 fully saturated rings. The summed E-state index contributed by atoms with van der Waals surface area (Å²) in [5, 5.41) is 99.0. The van der Waals surface area contributed by atoms with Crippen molar-refractivity contribution < 1.29 is 97.6 Å². The minimum atomic E-state index is -1.45. The van der Waals surface area contributed by atoms with Crippen molar-refractivity contribution >= 4 is 96.1 Å². The van der Waals surface area contributed by atoms with Gasteiger partial charge in [-0.15, -0.1) is 65.9 Å². The van der Waals surface area contributed by atoms with Crippen LogP contribution in [-0.4, -0.2) is 336 Å². The van der Waals surface area contributed by atoms with E-state index in [4.69, 9.17) is 37.9 Å². The largest absolute Gasteiger partial charge is 0.388 e. The number of amides is 10. The number of hydrogen-bond donors (Lipinski definition) is 17. The van der Waals surface area contributed by atoms with Crippen molar-refractivity contribution in [3.8, 4) is 0 Å². The first kappa shape index (κ1) is 91.8. The molecular formula is C75H123N10O20P5. The molecule has 0 aromatic carbocycles. The lowest BCUT2D eigenvalue weighted by atomic mass is 9.87. The van der Waals surface area contributed by atoms with Gasteiger partial charge in [-0.2, -0.15) is 0 Å². The van der Waals surface area contributed by atoms with Crippen molar-refractivity contribution in [2.24, 2.45) is 0 Å². The summed E-state index contributed by atoms with van der Waals surface area (Å²) in [6.45, 7) is 38.2. The Kier molecular flexibility index (Phi) is 30.6. The number of aliphatic hydroxyl groups is 7. The van der Waals surface area contributed by atoms with E-state index in [1.807, 2.05) is 0 Å². The molecule has 0 aromatic rings. The molecule has 11 heterocycles. The number of methoxy groups -OCH3 is 2. The number of hydrogen-bond acceptors (Lipinski definition) is 20. The molecule has 0 spiro atoms. The molecule has 35 heteroatoms. The predicted molar refractivity (Wildman–Crippen MR) is 446 cm³/mol. The Hall–Kier alpha value is -5.35. The van der Waals surface area contributed by atoms with Crippen molar-refractivity contribution in [3.05, 3.63) is 120 Å². The second-order valence-corrected chi connectivity index (χ2v) is 55.0. The van der Waals surface area contributed by atoms with Gasteiger partial charge < -0.3 is 127 Å². The molecule has 30 nitrogen and oxygen atoms in total. The van der Waals surface area contributed by atoms with Gasteiger partial charge in [-0.25, -0.2) is 24.0 Å². The molecule has 2 bridgehead atoms. The van der Waals surface area contributed by atoms with E-state index in [0.29, 0.717) is 75.8 Å². The zero-order valence-electron chi connectivity index (χ0n) is 66.2. The number of rotatable bonds is 22. The molecule has 0 saturated carbocycles. The fourth-order valence-corrected chi connectivity index (χ4v) is 18.8. The van der Waals surface area contributed by atoms with Gasteiger partial charge >= 0.3 is 30.2 Å². The van der Waals surface area contributed by atoms with Crippen LogP contribution in [0.25, 0.3) is 0 Å². The highest BCUT2D eigenvalue weighted by atomic mass is 31.2. The molecule has 0 radical (unpaired) electrons. The van der Waals surface area contributed by atoms with Gasteiger partial charge in [0, 0.05) is 102 Å². The maximum atomic E-state index is 11.3. The molecule has 618 valence electrons. The Labute approximate surface area is 648 Å². The zero-order chi connectivity index (χ0) is 82.5. The van der Waals surface area contributed by atoms with Crippen LogP contribution in [0.3, 0.4) is 0 Å². The molecule has 17 N–H and O–H groups in total. The molecule has 11 aliphatic heterocycles. The van der Waals surface area contributed by atoms with Gasteiger partial charge in [0.2, 0.25) is 0 Å². The minimum absolute atomic E-state index is 0.303. The van der Waals surface area contributed by atoms with E-state index in [9.17, 15) is 59.7 Å². The molecule has 110 heavy (non-hydrogen) atoms. The van der Waals surface area contributed by atoms with Crippen molar-refractivity contribution in [3.63, 3.8) is 0 Å². The zero-order valence-corrected chi connectivity index (χ0v) is 70.7. The normalized spacial score (nSPS) is 34.9. The first-order valence-electron chi connectivity index (χ1n) is 36.2. The fourth-order valence-electron chi connectivity index (χ4n) is 13.9. The van der Waals surface area contributed by atoms with Crippen LogP contribution in [0.2, 0.25) is 0 Å². The highest BCUT2D eigenvalue weighted by molar-refractivity contribution is 7.73. The third-order valence-electron chi connectivity index (χ3n) is 20.5. The maximum absolute atomic E-state index is 11.3. The topological polar surface area (TPSA) is 421 Å². The molecule has 6 saturated heterocycles. The minimum Gasteiger partial charge on any atom is -0.388 e. The highest BCUT2D eigenvalue weighted by Crippen LogP contribution is 2.50. The van der Waals surface area contributed by atoms with Gasteiger partial charge in [-0.1, -0.05) is 32.9 Å². The van der Waals surface area contributed by atoms with Crippen molar-refractivity contribution in [1.82, 2.24) is 53.2 Å². The number of carbonyl (C=O) groups is 5. The third-order valence-corrected chi connectivity index (χ3v) is 27.8. The predicted octanol–water partition coefficient (Wildman–Crippen LogP) is 3.92. The monoisotopic (exact) mass is 1640 g/mol. The summed E-state index contributed by atoms with van der Waals surface area (Å²) in [6, 6.07) is -1.75. The van der Waals surface area contributed by atoms with E-state index in [-0.39, 0.29) is 42.4 Å². The van der Waals surface area contributed by atoms with Crippen molar-refractivity contribution in [2.75, 3.05) is 118 Å². The van der Waals surface area contributed by atoms with Crippen LogP contribution in [0.5, 0.6) is 0 Å². The SMILES string of the molecule is C=C1NC(=O)NC=C1C1O[C@@]2(CCP(=C)(C)C)CO[C@@H]1[C@@H]2O.C=C1NC(=O)NC=C1C1O[C@H](CCP(=C)(C)C)[C@@H](O)[C@@]1(C)O.C=C1NC(=O)NC=C1C1O[C@H](CCP(=C)(C)C)[C@@H](O)[C@H]1OC.C=C1NC(=O)NC=C1C1O[C@H](CCP(=C)(C)C)[C@@H](O)[C@H]1OC.C=C1NC(=O)NC=C1C1O[C@](C)(CCP(=C)(C)C)[C@@H](O)[C@H]1O. The molecule has 20 atom stereocenters. The average molecular weight is 1640 g/mol. The lowest BCUT2D eigenvalue weighted by molar-refractivity contribution is -0.132. The van der Waals surface area contributed by atoms with E-state index in [0.717, 1.165) is 50.1 Å². The molecule has 10 amide bonds. The smallest absolute Gasteiger partial charge is 0.323 e. The quantitative estimate of drug-likeness (QED) is 0.0683. The van der Waals surface area contributed by atoms with Crippen LogP contribution in [0.15, 0.2) is 120 Å². The molecule has 11 aliphatic rings. The number of carbonyl (C=O) groups excluding carboxylic acids is 5. The van der Waals surface area contributed by atoms with Crippen molar-refractivity contribution in [1.29, 1.82) is 0 Å². The van der Waals surface area contributed by atoms with E-state index in [1.54, 1.807) is 39.7 Å². The van der Waals surface area contributed by atoms with Crippen LogP contribution in [0.1, 0.15) is 46.0 Å².